The largest absolute Gasteiger partial charge is 0.376 e. The van der Waals surface area contributed by atoms with Crippen LogP contribution >= 0.6 is 0 Å². The van der Waals surface area contributed by atoms with Crippen LogP contribution in [0.25, 0.3) is 21.7 Å². The number of ether oxygens (including phenoxy) is 1. The van der Waals surface area contributed by atoms with Crippen LogP contribution in [0.1, 0.15) is 12.8 Å². The summed E-state index contributed by atoms with van der Waals surface area (Å²) in [6.07, 6.45) is 9.74. The lowest BCUT2D eigenvalue weighted by molar-refractivity contribution is 0.0963. The molecular formula is C18H16N6O3. The minimum Gasteiger partial charge on any atom is -0.376 e. The van der Waals surface area contributed by atoms with E-state index in [0.29, 0.717) is 28.2 Å². The normalized spacial score (nSPS) is 17.1. The second kappa shape index (κ2) is 6.13. The molecule has 0 aromatic carbocycles. The van der Waals surface area contributed by atoms with Gasteiger partial charge in [0.25, 0.3) is 11.1 Å². The van der Waals surface area contributed by atoms with E-state index in [1.54, 1.807) is 29.1 Å². The van der Waals surface area contributed by atoms with Crippen LogP contribution in [0.15, 0.2) is 53.0 Å². The first-order valence-corrected chi connectivity index (χ1v) is 8.73. The van der Waals surface area contributed by atoms with E-state index in [2.05, 4.69) is 15.2 Å². The summed E-state index contributed by atoms with van der Waals surface area (Å²) in [5, 5.41) is 8.85. The molecule has 0 N–H and O–H groups in total. The Labute approximate surface area is 152 Å². The summed E-state index contributed by atoms with van der Waals surface area (Å²) in [7, 11) is 0. The van der Waals surface area contributed by atoms with E-state index in [4.69, 9.17) is 4.74 Å². The highest BCUT2D eigenvalue weighted by molar-refractivity contribution is 6.04. The molecule has 9 nitrogen and oxygen atoms in total. The Bertz CT molecular complexity index is 1250. The molecule has 0 bridgehead atoms. The number of aromatic nitrogens is 6. The van der Waals surface area contributed by atoms with Crippen LogP contribution in [0.5, 0.6) is 0 Å². The lowest BCUT2D eigenvalue weighted by Crippen LogP contribution is -2.27. The van der Waals surface area contributed by atoms with Gasteiger partial charge in [-0.3, -0.25) is 14.6 Å². The van der Waals surface area contributed by atoms with E-state index in [1.165, 1.54) is 28.2 Å². The smallest absolute Gasteiger partial charge is 0.279 e. The van der Waals surface area contributed by atoms with Gasteiger partial charge >= 0.3 is 0 Å². The number of rotatable bonds is 3. The molecule has 1 saturated heterocycles. The number of hydrogen-bond donors (Lipinski definition) is 0. The molecule has 0 radical (unpaired) electrons. The molecule has 1 fully saturated rings. The average Bonchev–Trinajstić information content (AvgIpc) is 3.38. The zero-order chi connectivity index (χ0) is 18.4. The molecular weight excluding hydrogens is 348 g/mol. The van der Waals surface area contributed by atoms with Gasteiger partial charge in [0.2, 0.25) is 0 Å². The predicted molar refractivity (Wildman–Crippen MR) is 97.6 cm³/mol. The maximum atomic E-state index is 13.0. The van der Waals surface area contributed by atoms with Crippen LogP contribution in [0.2, 0.25) is 0 Å². The van der Waals surface area contributed by atoms with Crippen molar-refractivity contribution in [1.82, 2.24) is 29.1 Å². The van der Waals surface area contributed by atoms with Crippen molar-refractivity contribution in [3.8, 4) is 0 Å². The van der Waals surface area contributed by atoms with Gasteiger partial charge in [-0.05, 0) is 25.0 Å². The standard InChI is InChI=1S/C18H16N6O3/c25-17-14-8-19-15-4-6-24(23-10-20-21-11-23)18(26)16(15)13(14)3-5-22(17)9-12-2-1-7-27-12/h3-6,8,10-12H,1-2,7,9H2/t12-/m1/s1. The first-order valence-electron chi connectivity index (χ1n) is 8.73. The molecule has 5 heterocycles. The maximum absolute atomic E-state index is 13.0. The van der Waals surface area contributed by atoms with E-state index >= 15 is 0 Å². The topological polar surface area (TPSA) is 96.8 Å². The van der Waals surface area contributed by atoms with Crippen molar-refractivity contribution in [3.05, 3.63) is 64.1 Å². The molecule has 1 aliphatic heterocycles. The Hall–Kier alpha value is -3.33. The van der Waals surface area contributed by atoms with Crippen molar-refractivity contribution in [1.29, 1.82) is 0 Å². The number of nitrogens with zero attached hydrogens (tertiary/aromatic N) is 6. The molecule has 4 aromatic rings. The van der Waals surface area contributed by atoms with Crippen LogP contribution in [0, 0.1) is 0 Å². The van der Waals surface area contributed by atoms with Crippen molar-refractivity contribution in [2.24, 2.45) is 0 Å². The van der Waals surface area contributed by atoms with E-state index in [0.717, 1.165) is 19.4 Å². The lowest BCUT2D eigenvalue weighted by Gasteiger charge is -2.13. The van der Waals surface area contributed by atoms with Crippen LogP contribution in [0.3, 0.4) is 0 Å². The fourth-order valence-corrected chi connectivity index (χ4v) is 3.59. The third-order valence-electron chi connectivity index (χ3n) is 4.94. The van der Waals surface area contributed by atoms with E-state index in [9.17, 15) is 9.59 Å². The highest BCUT2D eigenvalue weighted by Gasteiger charge is 2.18. The zero-order valence-electron chi connectivity index (χ0n) is 14.4. The van der Waals surface area contributed by atoms with Gasteiger partial charge in [-0.15, -0.1) is 10.2 Å². The van der Waals surface area contributed by atoms with Crippen molar-refractivity contribution in [2.45, 2.75) is 25.5 Å². The molecule has 5 rings (SSSR count). The van der Waals surface area contributed by atoms with Gasteiger partial charge in [0.05, 0.1) is 28.9 Å². The molecule has 0 aliphatic carbocycles. The summed E-state index contributed by atoms with van der Waals surface area (Å²) < 4.78 is 10.1. The first-order chi connectivity index (χ1) is 13.2. The van der Waals surface area contributed by atoms with E-state index in [1.807, 2.05) is 0 Å². The Morgan fingerprint density at radius 1 is 1.07 bits per heavy atom. The monoisotopic (exact) mass is 364 g/mol. The second-order valence-corrected chi connectivity index (χ2v) is 6.56. The summed E-state index contributed by atoms with van der Waals surface area (Å²) >= 11 is 0. The molecule has 4 aromatic heterocycles. The van der Waals surface area contributed by atoms with Gasteiger partial charge in [0.15, 0.2) is 0 Å². The minimum atomic E-state index is -0.290. The average molecular weight is 364 g/mol. The van der Waals surface area contributed by atoms with Crippen LogP contribution in [0.4, 0.5) is 0 Å². The fourth-order valence-electron chi connectivity index (χ4n) is 3.59. The predicted octanol–water partition coefficient (Wildman–Crippen LogP) is 0.793. The molecule has 0 amide bonds. The van der Waals surface area contributed by atoms with Gasteiger partial charge in [-0.2, -0.15) is 0 Å². The molecule has 1 atom stereocenters. The van der Waals surface area contributed by atoms with Gasteiger partial charge in [-0.1, -0.05) is 0 Å². The summed E-state index contributed by atoms with van der Waals surface area (Å²) in [5.41, 5.74) is 0.0753. The number of pyridine rings is 3. The summed E-state index contributed by atoms with van der Waals surface area (Å²) in [6, 6.07) is 3.53. The molecule has 9 heteroatoms. The summed E-state index contributed by atoms with van der Waals surface area (Å²) in [6.45, 7) is 1.24. The second-order valence-electron chi connectivity index (χ2n) is 6.56. The van der Waals surface area contributed by atoms with Crippen LogP contribution < -0.4 is 11.1 Å². The molecule has 0 unspecified atom stereocenters. The number of fused-ring (bicyclic) bond motifs is 3. The highest BCUT2D eigenvalue weighted by atomic mass is 16.5. The Balaban J connectivity index is 1.72. The summed E-state index contributed by atoms with van der Waals surface area (Å²) in [5.74, 6) is 0. The number of hydrogen-bond acceptors (Lipinski definition) is 6. The molecule has 0 saturated carbocycles. The van der Waals surface area contributed by atoms with E-state index in [-0.39, 0.29) is 17.2 Å². The van der Waals surface area contributed by atoms with Gasteiger partial charge in [-0.25, -0.2) is 9.35 Å². The lowest BCUT2D eigenvalue weighted by atomic mass is 10.1. The van der Waals surface area contributed by atoms with E-state index < -0.39 is 0 Å². The molecule has 27 heavy (non-hydrogen) atoms. The van der Waals surface area contributed by atoms with Crippen LogP contribution in [-0.2, 0) is 11.3 Å². The molecule has 1 aliphatic rings. The Kier molecular flexibility index (Phi) is 3.61. The van der Waals surface area contributed by atoms with Gasteiger partial charge in [0.1, 0.15) is 12.7 Å². The van der Waals surface area contributed by atoms with Crippen molar-refractivity contribution in [2.75, 3.05) is 6.61 Å². The Morgan fingerprint density at radius 2 is 1.93 bits per heavy atom. The van der Waals surface area contributed by atoms with Crippen molar-refractivity contribution < 1.29 is 4.74 Å². The third-order valence-corrected chi connectivity index (χ3v) is 4.94. The van der Waals surface area contributed by atoms with Gasteiger partial charge < -0.3 is 9.30 Å². The highest BCUT2D eigenvalue weighted by Crippen LogP contribution is 2.19. The van der Waals surface area contributed by atoms with Crippen LogP contribution in [-0.4, -0.2) is 41.8 Å². The minimum absolute atomic E-state index is 0.0551. The SMILES string of the molecule is O=c1c2cnc3ccn(-n4cnnc4)c(=O)c3c2ccn1C[C@H]1CCCO1. The summed E-state index contributed by atoms with van der Waals surface area (Å²) in [4.78, 5) is 30.3. The maximum Gasteiger partial charge on any atom is 0.279 e. The van der Waals surface area contributed by atoms with Crippen molar-refractivity contribution in [3.63, 3.8) is 0 Å². The molecule has 136 valence electrons. The van der Waals surface area contributed by atoms with Crippen molar-refractivity contribution >= 4 is 21.7 Å². The van der Waals surface area contributed by atoms with Gasteiger partial charge in [0, 0.05) is 30.6 Å². The fraction of sp³-hybridized carbons (Fsp3) is 0.278. The quantitative estimate of drug-likeness (QED) is 0.499. The third kappa shape index (κ3) is 2.55. The molecule has 0 spiro atoms. The first kappa shape index (κ1) is 15.9. The zero-order valence-corrected chi connectivity index (χ0v) is 14.4. The Morgan fingerprint density at radius 3 is 2.70 bits per heavy atom.